The van der Waals surface area contributed by atoms with E-state index >= 15 is 0 Å². The smallest absolute Gasteiger partial charge is 0.123 e. The molecular weight excluding hydrogens is 224 g/mol. The highest BCUT2D eigenvalue weighted by Crippen LogP contribution is 2.28. The fourth-order valence-corrected chi connectivity index (χ4v) is 2.37. The average Bonchev–Trinajstić information content (AvgIpc) is 2.76. The summed E-state index contributed by atoms with van der Waals surface area (Å²) < 4.78 is 5.94. The number of rotatable bonds is 5. The van der Waals surface area contributed by atoms with Gasteiger partial charge in [-0.3, -0.25) is 4.90 Å². The second kappa shape index (κ2) is 5.88. The van der Waals surface area contributed by atoms with Crippen molar-refractivity contribution in [2.75, 3.05) is 13.1 Å². The van der Waals surface area contributed by atoms with Crippen LogP contribution in [0.1, 0.15) is 25.8 Å². The van der Waals surface area contributed by atoms with Crippen molar-refractivity contribution in [1.29, 1.82) is 5.26 Å². The van der Waals surface area contributed by atoms with Gasteiger partial charge in [-0.15, -0.1) is 0 Å². The van der Waals surface area contributed by atoms with Crippen LogP contribution in [0.3, 0.4) is 0 Å². The summed E-state index contributed by atoms with van der Waals surface area (Å²) in [6.45, 7) is 6.05. The van der Waals surface area contributed by atoms with Gasteiger partial charge in [0, 0.05) is 32.0 Å². The molecule has 1 aliphatic heterocycles. The first-order valence-corrected chi connectivity index (χ1v) is 6.56. The molecule has 0 bridgehead atoms. The third-order valence-electron chi connectivity index (χ3n) is 3.39. The maximum Gasteiger partial charge on any atom is 0.123 e. The molecule has 1 aliphatic rings. The summed E-state index contributed by atoms with van der Waals surface area (Å²) in [6.07, 6.45) is 1.78. The third kappa shape index (κ3) is 3.02. The van der Waals surface area contributed by atoms with Crippen LogP contribution in [0.4, 0.5) is 0 Å². The lowest BCUT2D eigenvalue weighted by Gasteiger charge is -2.28. The highest BCUT2D eigenvalue weighted by molar-refractivity contribution is 5.37. The molecule has 0 radical (unpaired) electrons. The Hall–Kier alpha value is -1.53. The molecule has 3 nitrogen and oxygen atoms in total. The Bertz CT molecular complexity index is 411. The van der Waals surface area contributed by atoms with Gasteiger partial charge in [-0.25, -0.2) is 0 Å². The second-order valence-electron chi connectivity index (χ2n) is 5.05. The number of hydrogen-bond acceptors (Lipinski definition) is 3. The van der Waals surface area contributed by atoms with Crippen molar-refractivity contribution in [1.82, 2.24) is 4.90 Å². The number of fused-ring (bicyclic) bond motifs is 1. The highest BCUT2D eigenvalue weighted by atomic mass is 16.5. The zero-order chi connectivity index (χ0) is 13.0. The summed E-state index contributed by atoms with van der Waals surface area (Å²) in [6, 6.07) is 10.9. The Morgan fingerprint density at radius 1 is 1.44 bits per heavy atom. The van der Waals surface area contributed by atoms with Crippen LogP contribution in [0.15, 0.2) is 24.3 Å². The molecule has 0 N–H and O–H groups in total. The average molecular weight is 244 g/mol. The van der Waals surface area contributed by atoms with Crippen LogP contribution in [-0.2, 0) is 6.42 Å². The fraction of sp³-hybridized carbons (Fsp3) is 0.533. The third-order valence-corrected chi connectivity index (χ3v) is 3.39. The lowest BCUT2D eigenvalue weighted by molar-refractivity contribution is 0.129. The van der Waals surface area contributed by atoms with Gasteiger partial charge in [-0.05, 0) is 25.5 Å². The number of hydrogen-bond donors (Lipinski definition) is 0. The lowest BCUT2D eigenvalue weighted by atomic mass is 10.1. The quantitative estimate of drug-likeness (QED) is 0.799. The largest absolute Gasteiger partial charge is 0.488 e. The molecule has 18 heavy (non-hydrogen) atoms. The van der Waals surface area contributed by atoms with E-state index in [1.165, 1.54) is 5.56 Å². The molecule has 2 rings (SSSR count). The first-order valence-electron chi connectivity index (χ1n) is 6.56. The van der Waals surface area contributed by atoms with E-state index in [-0.39, 0.29) is 6.10 Å². The minimum atomic E-state index is 0.225. The van der Waals surface area contributed by atoms with Crippen LogP contribution in [0.25, 0.3) is 0 Å². The standard InChI is InChI=1S/C15H20N2O/c1-12(2)17(9-5-8-16)11-14-10-13-6-3-4-7-15(13)18-14/h3-4,6-7,12,14H,5,9-11H2,1-2H3. The van der Waals surface area contributed by atoms with E-state index in [0.717, 1.165) is 25.3 Å². The van der Waals surface area contributed by atoms with Gasteiger partial charge in [0.1, 0.15) is 11.9 Å². The van der Waals surface area contributed by atoms with Crippen molar-refractivity contribution >= 4 is 0 Å². The summed E-state index contributed by atoms with van der Waals surface area (Å²) in [5, 5.41) is 8.69. The molecular formula is C15H20N2O. The van der Waals surface area contributed by atoms with Crippen molar-refractivity contribution in [3.8, 4) is 11.8 Å². The van der Waals surface area contributed by atoms with Crippen LogP contribution >= 0.6 is 0 Å². The van der Waals surface area contributed by atoms with Crippen molar-refractivity contribution in [2.24, 2.45) is 0 Å². The first kappa shape index (κ1) is 12.9. The molecule has 0 spiro atoms. The number of nitriles is 1. The molecule has 1 atom stereocenters. The van der Waals surface area contributed by atoms with E-state index < -0.39 is 0 Å². The molecule has 96 valence electrons. The lowest BCUT2D eigenvalue weighted by Crippen LogP contribution is -2.39. The minimum Gasteiger partial charge on any atom is -0.488 e. The molecule has 0 saturated carbocycles. The molecule has 0 fully saturated rings. The number of nitrogens with zero attached hydrogens (tertiary/aromatic N) is 2. The minimum absolute atomic E-state index is 0.225. The molecule has 1 aromatic carbocycles. The molecule has 0 aromatic heterocycles. The monoisotopic (exact) mass is 244 g/mol. The maximum atomic E-state index is 8.69. The summed E-state index contributed by atoms with van der Waals surface area (Å²) in [5.74, 6) is 1.02. The fourth-order valence-electron chi connectivity index (χ4n) is 2.37. The molecule has 0 aliphatic carbocycles. The van der Waals surface area contributed by atoms with Gasteiger partial charge in [-0.2, -0.15) is 5.26 Å². The van der Waals surface area contributed by atoms with E-state index in [9.17, 15) is 0 Å². The maximum absolute atomic E-state index is 8.69. The highest BCUT2D eigenvalue weighted by Gasteiger charge is 2.25. The van der Waals surface area contributed by atoms with E-state index in [1.807, 2.05) is 12.1 Å². The van der Waals surface area contributed by atoms with Crippen LogP contribution in [0.5, 0.6) is 5.75 Å². The summed E-state index contributed by atoms with van der Waals surface area (Å²) in [4.78, 5) is 2.32. The molecule has 0 saturated heterocycles. The normalized spacial score (nSPS) is 17.6. The number of ether oxygens (including phenoxy) is 1. The van der Waals surface area contributed by atoms with Crippen molar-refractivity contribution in [3.05, 3.63) is 29.8 Å². The Morgan fingerprint density at radius 2 is 2.22 bits per heavy atom. The summed E-state index contributed by atoms with van der Waals surface area (Å²) in [7, 11) is 0. The first-order chi connectivity index (χ1) is 8.70. The topological polar surface area (TPSA) is 36.3 Å². The predicted octanol–water partition coefficient (Wildman–Crippen LogP) is 2.61. The van der Waals surface area contributed by atoms with Gasteiger partial charge in [0.05, 0.1) is 6.07 Å². The zero-order valence-corrected chi connectivity index (χ0v) is 11.1. The van der Waals surface area contributed by atoms with Crippen LogP contribution in [-0.4, -0.2) is 30.1 Å². The Morgan fingerprint density at radius 3 is 2.89 bits per heavy atom. The van der Waals surface area contributed by atoms with Gasteiger partial charge in [0.25, 0.3) is 0 Å². The van der Waals surface area contributed by atoms with Crippen LogP contribution in [0.2, 0.25) is 0 Å². The van der Waals surface area contributed by atoms with Crippen LogP contribution in [0, 0.1) is 11.3 Å². The van der Waals surface area contributed by atoms with Gasteiger partial charge in [0.2, 0.25) is 0 Å². The van der Waals surface area contributed by atoms with Gasteiger partial charge in [-0.1, -0.05) is 18.2 Å². The van der Waals surface area contributed by atoms with E-state index in [1.54, 1.807) is 0 Å². The van der Waals surface area contributed by atoms with E-state index in [2.05, 4.69) is 36.9 Å². The molecule has 3 heteroatoms. The van der Waals surface area contributed by atoms with Crippen LogP contribution < -0.4 is 4.74 Å². The van der Waals surface area contributed by atoms with Gasteiger partial charge in [0.15, 0.2) is 0 Å². The number of benzene rings is 1. The van der Waals surface area contributed by atoms with E-state index in [4.69, 9.17) is 10.00 Å². The van der Waals surface area contributed by atoms with E-state index in [0.29, 0.717) is 12.5 Å². The summed E-state index contributed by atoms with van der Waals surface area (Å²) >= 11 is 0. The predicted molar refractivity (Wildman–Crippen MR) is 71.5 cm³/mol. The van der Waals surface area contributed by atoms with Crippen molar-refractivity contribution in [3.63, 3.8) is 0 Å². The molecule has 0 amide bonds. The Kier molecular flexibility index (Phi) is 4.22. The molecule has 1 heterocycles. The second-order valence-corrected chi connectivity index (χ2v) is 5.05. The zero-order valence-electron chi connectivity index (χ0n) is 11.1. The van der Waals surface area contributed by atoms with Gasteiger partial charge < -0.3 is 4.74 Å². The molecule has 1 aromatic rings. The Labute approximate surface area is 109 Å². The van der Waals surface area contributed by atoms with Crippen molar-refractivity contribution < 1.29 is 4.74 Å². The molecule has 1 unspecified atom stereocenters. The van der Waals surface area contributed by atoms with Crippen molar-refractivity contribution in [2.45, 2.75) is 38.8 Å². The SMILES string of the molecule is CC(C)N(CCC#N)CC1Cc2ccccc2O1. The Balaban J connectivity index is 1.93. The summed E-state index contributed by atoms with van der Waals surface area (Å²) in [5.41, 5.74) is 1.30. The number of para-hydroxylation sites is 1. The van der Waals surface area contributed by atoms with Gasteiger partial charge >= 0.3 is 0 Å².